The van der Waals surface area contributed by atoms with Crippen LogP contribution < -0.4 is 0 Å². The Balaban J connectivity index is 1.51. The van der Waals surface area contributed by atoms with Gasteiger partial charge in [0.25, 0.3) is 0 Å². The van der Waals surface area contributed by atoms with E-state index < -0.39 is 0 Å². The molecule has 1 saturated heterocycles. The van der Waals surface area contributed by atoms with E-state index in [4.69, 9.17) is 11.6 Å². The second-order valence-electron chi connectivity index (χ2n) is 6.40. The molecule has 0 radical (unpaired) electrons. The monoisotopic (exact) mass is 323 g/mol. The van der Waals surface area contributed by atoms with Gasteiger partial charge in [-0.2, -0.15) is 0 Å². The van der Waals surface area contributed by atoms with Crippen LogP contribution >= 0.6 is 11.6 Å². The quantitative estimate of drug-likeness (QED) is 0.849. The van der Waals surface area contributed by atoms with Crippen molar-refractivity contribution in [3.63, 3.8) is 0 Å². The number of carbonyl (C=O) groups is 1. The lowest BCUT2D eigenvalue weighted by Gasteiger charge is -2.16. The molecule has 2 atom stereocenters. The van der Waals surface area contributed by atoms with E-state index in [0.717, 1.165) is 30.8 Å². The van der Waals surface area contributed by atoms with Crippen molar-refractivity contribution < 1.29 is 4.79 Å². The fourth-order valence-electron chi connectivity index (χ4n) is 3.72. The molecule has 0 aromatic heterocycles. The van der Waals surface area contributed by atoms with Crippen LogP contribution in [-0.4, -0.2) is 23.8 Å². The number of rotatable bonds is 3. The van der Waals surface area contributed by atoms with E-state index in [2.05, 4.69) is 35.2 Å². The van der Waals surface area contributed by atoms with Gasteiger partial charge in [0, 0.05) is 42.1 Å². The molecule has 1 fully saturated rings. The van der Waals surface area contributed by atoms with Gasteiger partial charge >= 0.3 is 0 Å². The van der Waals surface area contributed by atoms with E-state index >= 15 is 0 Å². The van der Waals surface area contributed by atoms with Crippen LogP contribution in [0.5, 0.6) is 0 Å². The molecule has 2 aliphatic rings. The molecule has 0 spiro atoms. The minimum atomic E-state index is 0.104. The smallest absolute Gasteiger partial charge is 0.168 e. The van der Waals surface area contributed by atoms with Gasteiger partial charge in [-0.1, -0.05) is 60.1 Å². The number of ketones is 1. The maximum Gasteiger partial charge on any atom is 0.168 e. The summed E-state index contributed by atoms with van der Waals surface area (Å²) in [7, 11) is 0. The number of halogens is 1. The molecule has 4 rings (SSSR count). The minimum Gasteiger partial charge on any atom is -0.298 e. The summed E-state index contributed by atoms with van der Waals surface area (Å²) >= 11 is 6.06. The van der Waals surface area contributed by atoms with E-state index in [-0.39, 0.29) is 11.7 Å². The van der Waals surface area contributed by atoms with E-state index in [0.29, 0.717) is 10.9 Å². The summed E-state index contributed by atoms with van der Waals surface area (Å²) in [4.78, 5) is 15.1. The second kappa shape index (κ2) is 5.95. The molecule has 2 aromatic carbocycles. The van der Waals surface area contributed by atoms with Crippen LogP contribution in [0, 0.1) is 11.8 Å². The predicted octanol–water partition coefficient (Wildman–Crippen LogP) is 4.05. The number of carbonyl (C=O) groups excluding carboxylic acids is 1. The van der Waals surface area contributed by atoms with Gasteiger partial charge in [0.2, 0.25) is 0 Å². The molecule has 0 amide bonds. The molecule has 2 aromatic rings. The lowest BCUT2D eigenvalue weighted by Crippen LogP contribution is -2.23. The Kier molecular flexibility index (Phi) is 3.80. The largest absolute Gasteiger partial charge is 0.298 e. The van der Waals surface area contributed by atoms with Gasteiger partial charge in [-0.3, -0.25) is 9.69 Å². The van der Waals surface area contributed by atoms with Crippen molar-refractivity contribution >= 4 is 23.0 Å². The number of hydrogen-bond donors (Lipinski definition) is 0. The molecule has 0 bridgehead atoms. The molecule has 23 heavy (non-hydrogen) atoms. The SMILES string of the molecule is O=C1C(c2cccc(Cl)c2)=CC2CN(Cc3ccccc3)CC12. The molecule has 2 unspecified atom stereocenters. The first kappa shape index (κ1) is 14.7. The zero-order valence-electron chi connectivity index (χ0n) is 12.8. The minimum absolute atomic E-state index is 0.104. The van der Waals surface area contributed by atoms with Crippen LogP contribution in [-0.2, 0) is 11.3 Å². The van der Waals surface area contributed by atoms with Gasteiger partial charge in [-0.15, -0.1) is 0 Å². The lowest BCUT2D eigenvalue weighted by molar-refractivity contribution is -0.116. The van der Waals surface area contributed by atoms with Crippen molar-refractivity contribution in [3.8, 4) is 0 Å². The third kappa shape index (κ3) is 2.85. The van der Waals surface area contributed by atoms with E-state index in [1.165, 1.54) is 5.56 Å². The molecule has 0 saturated carbocycles. The van der Waals surface area contributed by atoms with Crippen molar-refractivity contribution in [3.05, 3.63) is 76.8 Å². The summed E-state index contributed by atoms with van der Waals surface area (Å²) in [6, 6.07) is 18.0. The zero-order chi connectivity index (χ0) is 15.8. The molecular formula is C20H18ClNO. The summed E-state index contributed by atoms with van der Waals surface area (Å²) < 4.78 is 0. The molecule has 3 heteroatoms. The molecule has 0 N–H and O–H groups in total. The first-order chi connectivity index (χ1) is 11.2. The molecule has 116 valence electrons. The highest BCUT2D eigenvalue weighted by atomic mass is 35.5. The third-order valence-corrected chi connectivity index (χ3v) is 5.04. The van der Waals surface area contributed by atoms with Crippen molar-refractivity contribution in [1.29, 1.82) is 0 Å². The number of allylic oxidation sites excluding steroid dienone is 1. The Bertz CT molecular complexity index is 768. The van der Waals surface area contributed by atoms with Gasteiger partial charge in [0.1, 0.15) is 0 Å². The van der Waals surface area contributed by atoms with Crippen LogP contribution in [0.25, 0.3) is 5.57 Å². The maximum absolute atomic E-state index is 12.8. The van der Waals surface area contributed by atoms with Crippen LogP contribution in [0.3, 0.4) is 0 Å². The summed E-state index contributed by atoms with van der Waals surface area (Å²) in [5, 5.41) is 0.680. The summed E-state index contributed by atoms with van der Waals surface area (Å²) in [5.41, 5.74) is 3.10. The van der Waals surface area contributed by atoms with E-state index in [9.17, 15) is 4.79 Å². The predicted molar refractivity (Wildman–Crippen MR) is 93.1 cm³/mol. The maximum atomic E-state index is 12.8. The fraction of sp³-hybridized carbons (Fsp3) is 0.250. The van der Waals surface area contributed by atoms with Crippen molar-refractivity contribution in [2.24, 2.45) is 11.8 Å². The normalized spacial score (nSPS) is 23.9. The second-order valence-corrected chi connectivity index (χ2v) is 6.84. The lowest BCUT2D eigenvalue weighted by atomic mass is 9.97. The number of nitrogens with zero attached hydrogens (tertiary/aromatic N) is 1. The molecule has 2 nitrogen and oxygen atoms in total. The van der Waals surface area contributed by atoms with E-state index in [1.807, 2.05) is 30.3 Å². The summed E-state index contributed by atoms with van der Waals surface area (Å²) in [5.74, 6) is 0.709. The number of fused-ring (bicyclic) bond motifs is 1. The van der Waals surface area contributed by atoms with Crippen molar-refractivity contribution in [1.82, 2.24) is 4.90 Å². The molecular weight excluding hydrogens is 306 g/mol. The van der Waals surface area contributed by atoms with Gasteiger partial charge in [0.15, 0.2) is 5.78 Å². The van der Waals surface area contributed by atoms with Crippen LogP contribution in [0.4, 0.5) is 0 Å². The highest BCUT2D eigenvalue weighted by molar-refractivity contribution is 6.31. The average molecular weight is 324 g/mol. The first-order valence-electron chi connectivity index (χ1n) is 7.99. The Morgan fingerprint density at radius 2 is 1.87 bits per heavy atom. The van der Waals surface area contributed by atoms with Crippen LogP contribution in [0.15, 0.2) is 60.7 Å². The van der Waals surface area contributed by atoms with Gasteiger partial charge in [-0.25, -0.2) is 0 Å². The van der Waals surface area contributed by atoms with Crippen molar-refractivity contribution in [2.45, 2.75) is 6.54 Å². The summed E-state index contributed by atoms with van der Waals surface area (Å²) in [6.07, 6.45) is 2.16. The highest BCUT2D eigenvalue weighted by Gasteiger charge is 2.42. The van der Waals surface area contributed by atoms with Gasteiger partial charge in [-0.05, 0) is 23.3 Å². The Morgan fingerprint density at radius 1 is 1.04 bits per heavy atom. The molecule has 1 aliphatic heterocycles. The van der Waals surface area contributed by atoms with E-state index in [1.54, 1.807) is 0 Å². The van der Waals surface area contributed by atoms with Crippen LogP contribution in [0.1, 0.15) is 11.1 Å². The Labute approximate surface area is 141 Å². The average Bonchev–Trinajstić information content (AvgIpc) is 3.08. The highest BCUT2D eigenvalue weighted by Crippen LogP contribution is 2.39. The number of Topliss-reactive ketones (excluding diaryl/α,β-unsaturated/α-hetero) is 1. The fourth-order valence-corrected chi connectivity index (χ4v) is 3.91. The number of hydrogen-bond acceptors (Lipinski definition) is 2. The van der Waals surface area contributed by atoms with Crippen LogP contribution in [0.2, 0.25) is 5.02 Å². The Hall–Kier alpha value is -1.90. The topological polar surface area (TPSA) is 20.3 Å². The number of benzene rings is 2. The zero-order valence-corrected chi connectivity index (χ0v) is 13.5. The first-order valence-corrected chi connectivity index (χ1v) is 8.37. The standard InChI is InChI=1S/C20H18ClNO/c21-17-8-4-7-15(9-17)18-10-16-12-22(13-19(16)20(18)23)11-14-5-2-1-3-6-14/h1-10,16,19H,11-13H2. The third-order valence-electron chi connectivity index (χ3n) is 4.81. The van der Waals surface area contributed by atoms with Gasteiger partial charge in [0.05, 0.1) is 0 Å². The number of likely N-dealkylation sites (tertiary alicyclic amines) is 1. The summed E-state index contributed by atoms with van der Waals surface area (Å²) in [6.45, 7) is 2.72. The van der Waals surface area contributed by atoms with Crippen molar-refractivity contribution in [2.75, 3.05) is 13.1 Å². The Morgan fingerprint density at radius 3 is 2.61 bits per heavy atom. The molecule has 1 heterocycles. The van der Waals surface area contributed by atoms with Gasteiger partial charge < -0.3 is 0 Å². The molecule has 1 aliphatic carbocycles.